The number of rotatable bonds is 10. The Morgan fingerprint density at radius 3 is 1.30 bits per heavy atom. The molecule has 1 saturated heterocycles. The lowest BCUT2D eigenvalue weighted by molar-refractivity contribution is -0.115. The van der Waals surface area contributed by atoms with E-state index in [9.17, 15) is 0 Å². The summed E-state index contributed by atoms with van der Waals surface area (Å²) in [5.41, 5.74) is 0. The van der Waals surface area contributed by atoms with Gasteiger partial charge in [-0.1, -0.05) is 27.7 Å². The molecule has 0 aromatic carbocycles. The van der Waals surface area contributed by atoms with Crippen molar-refractivity contribution < 1.29 is 9.47 Å². The fraction of sp³-hybridized carbons (Fsp3) is 1.00. The standard InChI is InChI=1S/C16H34N2O2/c1-5-13-19-15(7-3)17-9-11-18(12-10-17)16(8-4)20-14-6-2/h15-16H,5-14H2,1-4H3. The largest absolute Gasteiger partial charge is 0.363 e. The van der Waals surface area contributed by atoms with E-state index in [4.69, 9.17) is 9.47 Å². The first-order valence-electron chi connectivity index (χ1n) is 8.47. The monoisotopic (exact) mass is 286 g/mol. The fourth-order valence-corrected chi connectivity index (χ4v) is 2.78. The Kier molecular flexibility index (Phi) is 9.44. The Hall–Kier alpha value is -0.160. The van der Waals surface area contributed by atoms with Gasteiger partial charge in [0.1, 0.15) is 12.5 Å². The third kappa shape index (κ3) is 5.68. The quantitative estimate of drug-likeness (QED) is 0.616. The van der Waals surface area contributed by atoms with Crippen molar-refractivity contribution in [3.05, 3.63) is 0 Å². The maximum absolute atomic E-state index is 5.94. The normalized spacial score (nSPS) is 21.0. The average Bonchev–Trinajstić information content (AvgIpc) is 2.50. The second-order valence-electron chi connectivity index (χ2n) is 5.54. The van der Waals surface area contributed by atoms with Gasteiger partial charge in [0.25, 0.3) is 0 Å². The van der Waals surface area contributed by atoms with Gasteiger partial charge in [-0.25, -0.2) is 0 Å². The van der Waals surface area contributed by atoms with Crippen LogP contribution in [0.3, 0.4) is 0 Å². The molecule has 1 fully saturated rings. The van der Waals surface area contributed by atoms with E-state index in [1.54, 1.807) is 0 Å². The lowest BCUT2D eigenvalue weighted by Crippen LogP contribution is -2.54. The van der Waals surface area contributed by atoms with Crippen molar-refractivity contribution in [2.24, 2.45) is 0 Å². The van der Waals surface area contributed by atoms with Crippen LogP contribution in [-0.2, 0) is 9.47 Å². The molecule has 0 aliphatic carbocycles. The summed E-state index contributed by atoms with van der Waals surface area (Å²) in [6.45, 7) is 14.9. The highest BCUT2D eigenvalue weighted by Crippen LogP contribution is 2.15. The van der Waals surface area contributed by atoms with Gasteiger partial charge in [0.2, 0.25) is 0 Å². The molecule has 4 heteroatoms. The van der Waals surface area contributed by atoms with Crippen molar-refractivity contribution in [3.63, 3.8) is 0 Å². The van der Waals surface area contributed by atoms with Crippen LogP contribution >= 0.6 is 0 Å². The van der Waals surface area contributed by atoms with E-state index in [1.165, 1.54) is 0 Å². The van der Waals surface area contributed by atoms with Crippen molar-refractivity contribution in [3.8, 4) is 0 Å². The molecule has 2 unspecified atom stereocenters. The third-order valence-corrected chi connectivity index (χ3v) is 3.89. The summed E-state index contributed by atoms with van der Waals surface area (Å²) < 4.78 is 11.9. The van der Waals surface area contributed by atoms with Gasteiger partial charge >= 0.3 is 0 Å². The molecule has 2 atom stereocenters. The van der Waals surface area contributed by atoms with Crippen LogP contribution in [0.4, 0.5) is 0 Å². The second kappa shape index (κ2) is 10.6. The summed E-state index contributed by atoms with van der Waals surface area (Å²) in [5.74, 6) is 0. The number of hydrogen-bond donors (Lipinski definition) is 0. The molecule has 0 spiro atoms. The van der Waals surface area contributed by atoms with E-state index in [0.29, 0.717) is 12.5 Å². The summed E-state index contributed by atoms with van der Waals surface area (Å²) in [6.07, 6.45) is 4.94. The van der Waals surface area contributed by atoms with Crippen LogP contribution in [0.2, 0.25) is 0 Å². The molecule has 0 amide bonds. The summed E-state index contributed by atoms with van der Waals surface area (Å²) >= 11 is 0. The Balaban J connectivity index is 2.37. The van der Waals surface area contributed by atoms with E-state index in [2.05, 4.69) is 37.5 Å². The molecular weight excluding hydrogens is 252 g/mol. The first-order chi connectivity index (χ1) is 9.76. The molecule has 0 aromatic rings. The van der Waals surface area contributed by atoms with Gasteiger partial charge in [0, 0.05) is 39.4 Å². The maximum Gasteiger partial charge on any atom is 0.110 e. The molecule has 0 radical (unpaired) electrons. The first-order valence-corrected chi connectivity index (χ1v) is 8.47. The van der Waals surface area contributed by atoms with E-state index in [1.807, 2.05) is 0 Å². The van der Waals surface area contributed by atoms with Crippen LogP contribution in [0, 0.1) is 0 Å². The molecule has 20 heavy (non-hydrogen) atoms. The molecule has 1 aliphatic rings. The molecule has 0 N–H and O–H groups in total. The molecule has 0 bridgehead atoms. The molecule has 0 saturated carbocycles. The van der Waals surface area contributed by atoms with E-state index < -0.39 is 0 Å². The van der Waals surface area contributed by atoms with Crippen molar-refractivity contribution in [2.75, 3.05) is 39.4 Å². The molecule has 1 aliphatic heterocycles. The van der Waals surface area contributed by atoms with Crippen molar-refractivity contribution in [1.82, 2.24) is 9.80 Å². The lowest BCUT2D eigenvalue weighted by Gasteiger charge is -2.41. The fourth-order valence-electron chi connectivity index (χ4n) is 2.78. The molecule has 0 aromatic heterocycles. The maximum atomic E-state index is 5.94. The predicted octanol–water partition coefficient (Wildman–Crippen LogP) is 2.93. The van der Waals surface area contributed by atoms with Gasteiger partial charge in [0.05, 0.1) is 0 Å². The summed E-state index contributed by atoms with van der Waals surface area (Å²) in [7, 11) is 0. The zero-order valence-corrected chi connectivity index (χ0v) is 13.9. The predicted molar refractivity (Wildman–Crippen MR) is 83.8 cm³/mol. The number of nitrogens with zero attached hydrogens (tertiary/aromatic N) is 2. The molecule has 1 rings (SSSR count). The number of piperazine rings is 1. The van der Waals surface area contributed by atoms with Gasteiger partial charge in [-0.3, -0.25) is 9.80 Å². The minimum atomic E-state index is 0.300. The van der Waals surface area contributed by atoms with Crippen molar-refractivity contribution in [1.29, 1.82) is 0 Å². The SMILES string of the molecule is CCCOC(CC)N1CCN(C(CC)OCCC)CC1. The van der Waals surface area contributed by atoms with Crippen LogP contribution in [-0.4, -0.2) is 61.6 Å². The Morgan fingerprint density at radius 1 is 0.700 bits per heavy atom. The van der Waals surface area contributed by atoms with Crippen molar-refractivity contribution in [2.45, 2.75) is 65.8 Å². The van der Waals surface area contributed by atoms with Gasteiger partial charge in [-0.15, -0.1) is 0 Å². The summed E-state index contributed by atoms with van der Waals surface area (Å²) in [5, 5.41) is 0. The molecular formula is C16H34N2O2. The Bertz CT molecular complexity index is 207. The highest BCUT2D eigenvalue weighted by Gasteiger charge is 2.26. The zero-order chi connectivity index (χ0) is 14.8. The second-order valence-corrected chi connectivity index (χ2v) is 5.54. The van der Waals surface area contributed by atoms with Crippen LogP contribution in [0.5, 0.6) is 0 Å². The topological polar surface area (TPSA) is 24.9 Å². The minimum Gasteiger partial charge on any atom is -0.363 e. The van der Waals surface area contributed by atoms with Gasteiger partial charge in [-0.05, 0) is 25.7 Å². The Morgan fingerprint density at radius 2 is 1.05 bits per heavy atom. The van der Waals surface area contributed by atoms with E-state index in [0.717, 1.165) is 65.1 Å². The number of ether oxygens (including phenoxy) is 2. The number of hydrogen-bond acceptors (Lipinski definition) is 4. The third-order valence-electron chi connectivity index (χ3n) is 3.89. The van der Waals surface area contributed by atoms with E-state index >= 15 is 0 Å². The van der Waals surface area contributed by atoms with Crippen LogP contribution in [0.15, 0.2) is 0 Å². The summed E-state index contributed by atoms with van der Waals surface area (Å²) in [6, 6.07) is 0. The highest BCUT2D eigenvalue weighted by molar-refractivity contribution is 4.76. The van der Waals surface area contributed by atoms with Gasteiger partial charge in [-0.2, -0.15) is 0 Å². The van der Waals surface area contributed by atoms with E-state index in [-0.39, 0.29) is 0 Å². The molecule has 120 valence electrons. The van der Waals surface area contributed by atoms with Crippen LogP contribution < -0.4 is 0 Å². The first kappa shape index (κ1) is 17.9. The lowest BCUT2D eigenvalue weighted by atomic mass is 10.2. The van der Waals surface area contributed by atoms with Crippen LogP contribution in [0.25, 0.3) is 0 Å². The van der Waals surface area contributed by atoms with Crippen LogP contribution in [0.1, 0.15) is 53.4 Å². The van der Waals surface area contributed by atoms with Gasteiger partial charge < -0.3 is 9.47 Å². The van der Waals surface area contributed by atoms with Gasteiger partial charge in [0.15, 0.2) is 0 Å². The molecule has 1 heterocycles. The minimum absolute atomic E-state index is 0.300. The highest BCUT2D eigenvalue weighted by atomic mass is 16.5. The summed E-state index contributed by atoms with van der Waals surface area (Å²) in [4.78, 5) is 4.97. The Labute approximate surface area is 125 Å². The smallest absolute Gasteiger partial charge is 0.110 e. The molecule has 4 nitrogen and oxygen atoms in total. The zero-order valence-electron chi connectivity index (χ0n) is 13.9. The average molecular weight is 286 g/mol. The van der Waals surface area contributed by atoms with Crippen molar-refractivity contribution >= 4 is 0 Å².